The second-order valence-electron chi connectivity index (χ2n) is 8.13. The lowest BCUT2D eigenvalue weighted by molar-refractivity contribution is 0.104. The van der Waals surface area contributed by atoms with Crippen molar-refractivity contribution in [1.29, 1.82) is 0 Å². The number of carbonyl (C=O) groups excluding carboxylic acids is 1. The third-order valence-electron chi connectivity index (χ3n) is 5.67. The van der Waals surface area contributed by atoms with Crippen LogP contribution in [0, 0.1) is 13.8 Å². The lowest BCUT2D eigenvalue weighted by Crippen LogP contribution is -2.13. The van der Waals surface area contributed by atoms with Gasteiger partial charge in [-0.25, -0.2) is 13.1 Å². The summed E-state index contributed by atoms with van der Waals surface area (Å²) in [5.74, 6) is -0.0617. The third kappa shape index (κ3) is 4.86. The molecule has 4 aromatic rings. The summed E-state index contributed by atoms with van der Waals surface area (Å²) in [6, 6.07) is 19.8. The molecule has 1 aromatic heterocycles. The average Bonchev–Trinajstić information content (AvgIpc) is 3.19. The topological polar surface area (TPSA) is 113 Å². The van der Waals surface area contributed by atoms with Crippen molar-refractivity contribution in [1.82, 2.24) is 5.16 Å². The fourth-order valence-electron chi connectivity index (χ4n) is 3.52. The Labute approximate surface area is 212 Å². The first-order valence-corrected chi connectivity index (χ1v) is 13.3. The number of sulfonamides is 1. The van der Waals surface area contributed by atoms with E-state index in [-0.39, 0.29) is 16.6 Å². The second-order valence-corrected chi connectivity index (χ2v) is 10.9. The van der Waals surface area contributed by atoms with Crippen LogP contribution in [0.2, 0.25) is 0 Å². The van der Waals surface area contributed by atoms with E-state index < -0.39 is 10.0 Å². The van der Waals surface area contributed by atoms with Crippen LogP contribution < -0.4 is 15.4 Å². The molecule has 0 saturated carbocycles. The minimum atomic E-state index is -3.83. The monoisotopic (exact) mass is 518 g/mol. The molecule has 0 unspecified atom stereocenters. The van der Waals surface area contributed by atoms with Gasteiger partial charge in [-0.2, -0.15) is 0 Å². The number of para-hydroxylation sites is 1. The van der Waals surface area contributed by atoms with E-state index >= 15 is 0 Å². The van der Waals surface area contributed by atoms with Gasteiger partial charge in [0, 0.05) is 38.9 Å². The molecule has 10 heteroatoms. The fourth-order valence-corrected chi connectivity index (χ4v) is 5.54. The van der Waals surface area contributed by atoms with Crippen LogP contribution in [-0.2, 0) is 10.0 Å². The van der Waals surface area contributed by atoms with Crippen molar-refractivity contribution < 1.29 is 17.7 Å². The summed E-state index contributed by atoms with van der Waals surface area (Å²) >= 11 is 1.66. The van der Waals surface area contributed by atoms with E-state index in [0.29, 0.717) is 22.5 Å². The van der Waals surface area contributed by atoms with Gasteiger partial charge >= 0.3 is 0 Å². The van der Waals surface area contributed by atoms with E-state index in [0.717, 1.165) is 21.2 Å². The Bertz CT molecular complexity index is 1590. The zero-order chi connectivity index (χ0) is 25.3. The van der Waals surface area contributed by atoms with Crippen LogP contribution in [0.4, 0.5) is 22.9 Å². The number of rotatable bonds is 7. The summed E-state index contributed by atoms with van der Waals surface area (Å²) in [5.41, 5.74) is 4.35. The van der Waals surface area contributed by atoms with Gasteiger partial charge in [0.05, 0.1) is 22.0 Å². The Kier molecular flexibility index (Phi) is 6.29. The van der Waals surface area contributed by atoms with Crippen LogP contribution in [0.3, 0.4) is 0 Å². The number of hydrogen-bond acceptors (Lipinski definition) is 8. The molecule has 0 fully saturated rings. The van der Waals surface area contributed by atoms with Crippen LogP contribution in [-0.4, -0.2) is 19.4 Å². The molecule has 2 heterocycles. The van der Waals surface area contributed by atoms with Crippen molar-refractivity contribution in [3.8, 4) is 0 Å². The van der Waals surface area contributed by atoms with Crippen molar-refractivity contribution in [3.63, 3.8) is 0 Å². The Morgan fingerprint density at radius 2 is 1.75 bits per heavy atom. The highest BCUT2D eigenvalue weighted by Crippen LogP contribution is 2.44. The Balaban J connectivity index is 1.22. The molecule has 3 aromatic carbocycles. The van der Waals surface area contributed by atoms with Crippen LogP contribution >= 0.6 is 11.8 Å². The minimum Gasteiger partial charge on any atom is -0.362 e. The number of hydrogen-bond donors (Lipinski definition) is 3. The minimum absolute atomic E-state index is 0.0718. The smallest absolute Gasteiger partial charge is 0.264 e. The Hall–Kier alpha value is -4.02. The van der Waals surface area contributed by atoms with Gasteiger partial charge in [-0.3, -0.25) is 4.79 Å². The van der Waals surface area contributed by atoms with E-state index in [1.165, 1.54) is 24.4 Å². The molecule has 0 spiro atoms. The maximum atomic E-state index is 12.7. The molecular weight excluding hydrogens is 496 g/mol. The number of nitrogens with one attached hydrogen (secondary N) is 3. The molecule has 36 heavy (non-hydrogen) atoms. The van der Waals surface area contributed by atoms with Crippen molar-refractivity contribution in [2.75, 3.05) is 15.4 Å². The van der Waals surface area contributed by atoms with E-state index in [9.17, 15) is 13.2 Å². The molecule has 1 aliphatic heterocycles. The van der Waals surface area contributed by atoms with Gasteiger partial charge in [-0.15, -0.1) is 0 Å². The molecule has 0 aliphatic carbocycles. The summed E-state index contributed by atoms with van der Waals surface area (Å²) < 4.78 is 32.7. The number of aromatic nitrogens is 1. The van der Waals surface area contributed by atoms with E-state index in [1.54, 1.807) is 43.8 Å². The maximum absolute atomic E-state index is 12.7. The first-order chi connectivity index (χ1) is 17.3. The van der Waals surface area contributed by atoms with Crippen molar-refractivity contribution in [3.05, 3.63) is 95.8 Å². The van der Waals surface area contributed by atoms with Crippen LogP contribution in [0.5, 0.6) is 0 Å². The van der Waals surface area contributed by atoms with Crippen molar-refractivity contribution in [2.45, 2.75) is 28.5 Å². The number of benzene rings is 3. The molecule has 0 amide bonds. The molecule has 5 rings (SSSR count). The number of fused-ring (bicyclic) bond motifs is 2. The normalized spacial score (nSPS) is 12.5. The molecule has 0 radical (unpaired) electrons. The Morgan fingerprint density at radius 3 is 2.50 bits per heavy atom. The largest absolute Gasteiger partial charge is 0.362 e. The molecule has 0 saturated heterocycles. The van der Waals surface area contributed by atoms with Gasteiger partial charge in [0.25, 0.3) is 10.0 Å². The summed E-state index contributed by atoms with van der Waals surface area (Å²) in [7, 11) is -3.83. The second kappa shape index (κ2) is 9.56. The molecule has 8 nitrogen and oxygen atoms in total. The number of allylic oxidation sites excluding steroid dienone is 1. The van der Waals surface area contributed by atoms with Crippen molar-refractivity contribution >= 4 is 50.5 Å². The molecule has 0 atom stereocenters. The number of carbonyl (C=O) groups is 1. The van der Waals surface area contributed by atoms with Crippen LogP contribution in [0.25, 0.3) is 0 Å². The predicted molar refractivity (Wildman–Crippen MR) is 141 cm³/mol. The van der Waals surface area contributed by atoms with Crippen LogP contribution in [0.15, 0.2) is 98.2 Å². The average molecular weight is 519 g/mol. The highest BCUT2D eigenvalue weighted by molar-refractivity contribution is 7.99. The first kappa shape index (κ1) is 23.7. The van der Waals surface area contributed by atoms with Gasteiger partial charge in [0.2, 0.25) is 5.88 Å². The first-order valence-electron chi connectivity index (χ1n) is 11.0. The third-order valence-corrected chi connectivity index (χ3v) is 8.17. The SMILES string of the molecule is Cc1noc(NS(=O)(=O)c2ccc(N/C=C\C(=O)c3ccc4c(c3)Nc3ccccc3S4)cc2)c1C. The highest BCUT2D eigenvalue weighted by Gasteiger charge is 2.19. The Morgan fingerprint density at radius 1 is 1.00 bits per heavy atom. The standard InChI is InChI=1S/C26H22N4O4S2/c1-16-17(2)29-34-26(16)30-36(32,33)20-10-8-19(9-11-20)27-14-13-23(31)18-7-12-25-22(15-18)28-21-5-3-4-6-24(21)35-25/h3-15,27-28,30H,1-2H3/b14-13-. The van der Waals surface area contributed by atoms with Gasteiger partial charge in [-0.1, -0.05) is 29.1 Å². The fraction of sp³-hybridized carbons (Fsp3) is 0.0769. The van der Waals surface area contributed by atoms with E-state index in [1.807, 2.05) is 30.3 Å². The number of anilines is 4. The number of ketones is 1. The molecule has 0 bridgehead atoms. The summed E-state index contributed by atoms with van der Waals surface area (Å²) in [6.07, 6.45) is 2.97. The van der Waals surface area contributed by atoms with Gasteiger partial charge in [0.1, 0.15) is 0 Å². The van der Waals surface area contributed by atoms with Gasteiger partial charge < -0.3 is 15.2 Å². The molecule has 182 valence electrons. The van der Waals surface area contributed by atoms with Crippen LogP contribution in [0.1, 0.15) is 21.6 Å². The molecule has 1 aliphatic rings. The predicted octanol–water partition coefficient (Wildman–Crippen LogP) is 6.11. The molecule has 3 N–H and O–H groups in total. The van der Waals surface area contributed by atoms with E-state index in [4.69, 9.17) is 4.52 Å². The maximum Gasteiger partial charge on any atom is 0.264 e. The van der Waals surface area contributed by atoms with Crippen molar-refractivity contribution in [2.24, 2.45) is 0 Å². The summed E-state index contributed by atoms with van der Waals surface area (Å²) in [6.45, 7) is 3.46. The highest BCUT2D eigenvalue weighted by atomic mass is 32.2. The zero-order valence-corrected chi connectivity index (χ0v) is 21.0. The lowest BCUT2D eigenvalue weighted by Gasteiger charge is -2.20. The van der Waals surface area contributed by atoms with Gasteiger partial charge in [0.15, 0.2) is 5.78 Å². The zero-order valence-electron chi connectivity index (χ0n) is 19.4. The van der Waals surface area contributed by atoms with E-state index in [2.05, 4.69) is 26.6 Å². The lowest BCUT2D eigenvalue weighted by atomic mass is 10.1. The molecular formula is C26H22N4O4S2. The summed E-state index contributed by atoms with van der Waals surface area (Å²) in [5, 5.41) is 10.1. The number of nitrogens with zero attached hydrogens (tertiary/aromatic N) is 1. The quantitative estimate of drug-likeness (QED) is 0.175. The summed E-state index contributed by atoms with van der Waals surface area (Å²) in [4.78, 5) is 15.0. The number of aryl methyl sites for hydroxylation is 1. The van der Waals surface area contributed by atoms with Gasteiger partial charge in [-0.05, 0) is 68.4 Å².